The summed E-state index contributed by atoms with van der Waals surface area (Å²) in [6.07, 6.45) is 0. The van der Waals surface area contributed by atoms with E-state index in [2.05, 4.69) is 5.32 Å². The molecule has 1 heterocycles. The topological polar surface area (TPSA) is 38.0 Å². The van der Waals surface area contributed by atoms with Crippen LogP contribution in [0.15, 0.2) is 11.4 Å². The maximum atomic E-state index is 5.76. The van der Waals surface area contributed by atoms with Crippen molar-refractivity contribution in [1.29, 1.82) is 0 Å². The lowest BCUT2D eigenvalue weighted by Gasteiger charge is -2.09. The highest BCUT2D eigenvalue weighted by Gasteiger charge is 2.08. The molecule has 0 aromatic carbocycles. The Morgan fingerprint density at radius 2 is 2.55 bits per heavy atom. The number of thiophene rings is 1. The van der Waals surface area contributed by atoms with Crippen molar-refractivity contribution in [2.75, 3.05) is 13.6 Å². The maximum absolute atomic E-state index is 5.76. The first-order chi connectivity index (χ1) is 5.27. The molecule has 11 heavy (non-hydrogen) atoms. The van der Waals surface area contributed by atoms with Gasteiger partial charge in [-0.25, -0.2) is 0 Å². The van der Waals surface area contributed by atoms with Gasteiger partial charge in [0.2, 0.25) is 0 Å². The first-order valence-corrected chi connectivity index (χ1v) is 4.65. The van der Waals surface area contributed by atoms with Crippen LogP contribution in [0.3, 0.4) is 0 Å². The SMILES string of the molecule is CNC(CN)c1cc(Cl)cs1. The van der Waals surface area contributed by atoms with Crippen LogP contribution in [0.4, 0.5) is 0 Å². The molecule has 3 N–H and O–H groups in total. The summed E-state index contributed by atoms with van der Waals surface area (Å²) >= 11 is 7.39. The van der Waals surface area contributed by atoms with Gasteiger partial charge in [-0.05, 0) is 13.1 Å². The summed E-state index contributed by atoms with van der Waals surface area (Å²) in [5.74, 6) is 0. The molecular weight excluding hydrogens is 180 g/mol. The molecule has 4 heteroatoms. The third-order valence-corrected chi connectivity index (χ3v) is 2.91. The molecule has 0 bridgehead atoms. The molecule has 1 aromatic rings. The van der Waals surface area contributed by atoms with Crippen LogP contribution in [0.5, 0.6) is 0 Å². The monoisotopic (exact) mass is 190 g/mol. The van der Waals surface area contributed by atoms with Crippen molar-refractivity contribution in [2.24, 2.45) is 5.73 Å². The van der Waals surface area contributed by atoms with E-state index >= 15 is 0 Å². The molecular formula is C7H11ClN2S. The van der Waals surface area contributed by atoms with Gasteiger partial charge >= 0.3 is 0 Å². The van der Waals surface area contributed by atoms with Crippen LogP contribution < -0.4 is 11.1 Å². The van der Waals surface area contributed by atoms with Crippen LogP contribution in [-0.4, -0.2) is 13.6 Å². The van der Waals surface area contributed by atoms with Gasteiger partial charge in [0.15, 0.2) is 0 Å². The fourth-order valence-corrected chi connectivity index (χ4v) is 2.09. The van der Waals surface area contributed by atoms with Crippen molar-refractivity contribution >= 4 is 22.9 Å². The average Bonchev–Trinajstić information content (AvgIpc) is 2.39. The Kier molecular flexibility index (Phi) is 3.33. The Labute approximate surface area is 75.4 Å². The van der Waals surface area contributed by atoms with Crippen LogP contribution in [0.25, 0.3) is 0 Å². The normalized spacial score (nSPS) is 13.4. The van der Waals surface area contributed by atoms with Crippen LogP contribution in [0, 0.1) is 0 Å². The number of hydrogen-bond donors (Lipinski definition) is 2. The molecule has 0 saturated heterocycles. The predicted molar refractivity (Wildman–Crippen MR) is 50.2 cm³/mol. The largest absolute Gasteiger partial charge is 0.329 e. The first kappa shape index (κ1) is 9.00. The third-order valence-electron chi connectivity index (χ3n) is 1.52. The molecule has 0 saturated carbocycles. The van der Waals surface area contributed by atoms with Crippen LogP contribution in [0.2, 0.25) is 5.02 Å². The molecule has 0 aliphatic carbocycles. The van der Waals surface area contributed by atoms with Crippen molar-refractivity contribution in [2.45, 2.75) is 6.04 Å². The van der Waals surface area contributed by atoms with E-state index in [0.29, 0.717) is 6.54 Å². The van der Waals surface area contributed by atoms with Gasteiger partial charge < -0.3 is 11.1 Å². The smallest absolute Gasteiger partial charge is 0.0537 e. The zero-order chi connectivity index (χ0) is 8.27. The maximum Gasteiger partial charge on any atom is 0.0537 e. The molecule has 1 unspecified atom stereocenters. The molecule has 0 fully saturated rings. The highest BCUT2D eigenvalue weighted by atomic mass is 35.5. The third kappa shape index (κ3) is 2.17. The van der Waals surface area contributed by atoms with Crippen molar-refractivity contribution < 1.29 is 0 Å². The van der Waals surface area contributed by atoms with Gasteiger partial charge in [-0.1, -0.05) is 11.6 Å². The van der Waals surface area contributed by atoms with Crippen LogP contribution in [-0.2, 0) is 0 Å². The van der Waals surface area contributed by atoms with E-state index in [9.17, 15) is 0 Å². The predicted octanol–water partition coefficient (Wildman–Crippen LogP) is 1.62. The van der Waals surface area contributed by atoms with Crippen molar-refractivity contribution in [3.05, 3.63) is 21.3 Å². The quantitative estimate of drug-likeness (QED) is 0.761. The lowest BCUT2D eigenvalue weighted by molar-refractivity contribution is 0.616. The molecule has 0 spiro atoms. The van der Waals surface area contributed by atoms with E-state index in [4.69, 9.17) is 17.3 Å². The Hall–Kier alpha value is -0.0900. The van der Waals surface area contributed by atoms with Gasteiger partial charge in [0.1, 0.15) is 0 Å². The van der Waals surface area contributed by atoms with Crippen LogP contribution in [0.1, 0.15) is 10.9 Å². The van der Waals surface area contributed by atoms with Crippen molar-refractivity contribution in [1.82, 2.24) is 5.32 Å². The molecule has 0 amide bonds. The average molecular weight is 191 g/mol. The van der Waals surface area contributed by atoms with E-state index < -0.39 is 0 Å². The minimum atomic E-state index is 0.243. The summed E-state index contributed by atoms with van der Waals surface area (Å²) in [6.45, 7) is 0.605. The van der Waals surface area contributed by atoms with E-state index in [1.54, 1.807) is 11.3 Å². The second kappa shape index (κ2) is 4.07. The van der Waals surface area contributed by atoms with Crippen LogP contribution >= 0.6 is 22.9 Å². The van der Waals surface area contributed by atoms with Gasteiger partial charge in [-0.2, -0.15) is 0 Å². The Morgan fingerprint density at radius 1 is 1.82 bits per heavy atom. The molecule has 0 aliphatic heterocycles. The highest BCUT2D eigenvalue weighted by Crippen LogP contribution is 2.24. The Balaban J connectivity index is 2.73. The van der Waals surface area contributed by atoms with Gasteiger partial charge in [-0.3, -0.25) is 0 Å². The van der Waals surface area contributed by atoms with Gasteiger partial charge in [0.05, 0.1) is 11.1 Å². The molecule has 2 nitrogen and oxygen atoms in total. The molecule has 0 radical (unpaired) electrons. The standard InChI is InChI=1S/C7H11ClN2S/c1-10-6(3-9)7-2-5(8)4-11-7/h2,4,6,10H,3,9H2,1H3. The summed E-state index contributed by atoms with van der Waals surface area (Å²) in [5.41, 5.74) is 5.53. The molecule has 1 aromatic heterocycles. The lowest BCUT2D eigenvalue weighted by Crippen LogP contribution is -2.23. The molecule has 1 rings (SSSR count). The summed E-state index contributed by atoms with van der Waals surface area (Å²) in [5, 5.41) is 5.81. The molecule has 1 atom stereocenters. The van der Waals surface area contributed by atoms with Gasteiger partial charge in [-0.15, -0.1) is 11.3 Å². The van der Waals surface area contributed by atoms with Crippen molar-refractivity contribution in [3.63, 3.8) is 0 Å². The molecule has 62 valence electrons. The summed E-state index contributed by atoms with van der Waals surface area (Å²) in [4.78, 5) is 1.19. The number of likely N-dealkylation sites (N-methyl/N-ethyl adjacent to an activating group) is 1. The second-order valence-electron chi connectivity index (χ2n) is 2.24. The first-order valence-electron chi connectivity index (χ1n) is 3.39. The summed E-state index contributed by atoms with van der Waals surface area (Å²) in [6, 6.07) is 2.19. The van der Waals surface area contributed by atoms with E-state index in [-0.39, 0.29) is 6.04 Å². The minimum Gasteiger partial charge on any atom is -0.329 e. The molecule has 0 aliphatic rings. The van der Waals surface area contributed by atoms with E-state index in [0.717, 1.165) is 5.02 Å². The summed E-state index contributed by atoms with van der Waals surface area (Å²) in [7, 11) is 1.89. The lowest BCUT2D eigenvalue weighted by atomic mass is 10.2. The second-order valence-corrected chi connectivity index (χ2v) is 3.62. The number of nitrogens with two attached hydrogens (primary N) is 1. The minimum absolute atomic E-state index is 0.243. The van der Waals surface area contributed by atoms with Gasteiger partial charge in [0.25, 0.3) is 0 Å². The number of nitrogens with one attached hydrogen (secondary N) is 1. The van der Waals surface area contributed by atoms with E-state index in [1.807, 2.05) is 18.5 Å². The van der Waals surface area contributed by atoms with Crippen molar-refractivity contribution in [3.8, 4) is 0 Å². The van der Waals surface area contributed by atoms with E-state index in [1.165, 1.54) is 4.88 Å². The highest BCUT2D eigenvalue weighted by molar-refractivity contribution is 7.10. The Bertz CT molecular complexity index is 220. The summed E-state index contributed by atoms with van der Waals surface area (Å²) < 4.78 is 0. The fourth-order valence-electron chi connectivity index (χ4n) is 0.887. The number of halogens is 1. The Morgan fingerprint density at radius 3 is 2.91 bits per heavy atom. The zero-order valence-corrected chi connectivity index (χ0v) is 7.88. The number of rotatable bonds is 3. The van der Waals surface area contributed by atoms with Gasteiger partial charge in [0, 0.05) is 16.8 Å². The zero-order valence-electron chi connectivity index (χ0n) is 6.30. The fraction of sp³-hybridized carbons (Fsp3) is 0.429. The number of hydrogen-bond acceptors (Lipinski definition) is 3.